The van der Waals surface area contributed by atoms with Gasteiger partial charge in [-0.05, 0) is 35.4 Å². The van der Waals surface area contributed by atoms with E-state index in [9.17, 15) is 4.79 Å². The molecule has 2 aromatic rings. The average molecular weight is 260 g/mol. The van der Waals surface area contributed by atoms with Crippen LogP contribution in [0.4, 0.5) is 0 Å². The van der Waals surface area contributed by atoms with Gasteiger partial charge in [0.05, 0.1) is 12.5 Å². The lowest BCUT2D eigenvalue weighted by Gasteiger charge is -2.11. The topological polar surface area (TPSA) is 80.9 Å². The molecular weight excluding hydrogens is 244 g/mol. The second kappa shape index (κ2) is 5.60. The summed E-state index contributed by atoms with van der Waals surface area (Å²) in [7, 11) is 0. The number of hydrogen-bond acceptors (Lipinski definition) is 4. The number of aryl methyl sites for hydroxylation is 1. The molecule has 1 heterocycles. The Morgan fingerprint density at radius 1 is 1.42 bits per heavy atom. The first kappa shape index (κ1) is 13.2. The summed E-state index contributed by atoms with van der Waals surface area (Å²) in [6.07, 6.45) is 0.607. The molecule has 1 N–H and O–H groups in total. The Bertz CT molecular complexity index is 580. The number of aliphatic carboxylic acids is 1. The second-order valence-corrected chi connectivity index (χ2v) is 4.59. The van der Waals surface area contributed by atoms with E-state index in [0.29, 0.717) is 12.2 Å². The molecule has 0 aliphatic carbocycles. The summed E-state index contributed by atoms with van der Waals surface area (Å²) in [6, 6.07) is 7.75. The number of hydrogen-bond donors (Lipinski definition) is 1. The van der Waals surface area contributed by atoms with Crippen LogP contribution in [0, 0.1) is 6.92 Å². The third kappa shape index (κ3) is 3.15. The fourth-order valence-corrected chi connectivity index (χ4v) is 1.99. The first-order chi connectivity index (χ1) is 9.08. The minimum Gasteiger partial charge on any atom is -0.481 e. The van der Waals surface area contributed by atoms with Crippen molar-refractivity contribution >= 4 is 5.97 Å². The van der Waals surface area contributed by atoms with Crippen LogP contribution in [0.5, 0.6) is 0 Å². The minimum absolute atomic E-state index is 0.00577. The fraction of sp³-hybridized carbons (Fsp3) is 0.385. The van der Waals surface area contributed by atoms with Crippen LogP contribution in [0.1, 0.15) is 36.3 Å². The zero-order chi connectivity index (χ0) is 13.8. The van der Waals surface area contributed by atoms with Gasteiger partial charge in [-0.3, -0.25) is 4.79 Å². The van der Waals surface area contributed by atoms with E-state index in [-0.39, 0.29) is 12.5 Å². The van der Waals surface area contributed by atoms with E-state index in [1.165, 1.54) is 5.56 Å². The van der Waals surface area contributed by atoms with Gasteiger partial charge in [0.1, 0.15) is 0 Å². The van der Waals surface area contributed by atoms with Crippen LogP contribution >= 0.6 is 0 Å². The van der Waals surface area contributed by atoms with Crippen molar-refractivity contribution in [2.75, 3.05) is 0 Å². The Morgan fingerprint density at radius 3 is 2.84 bits per heavy atom. The molecule has 1 unspecified atom stereocenters. The fourth-order valence-electron chi connectivity index (χ4n) is 1.99. The molecule has 19 heavy (non-hydrogen) atoms. The first-order valence-electron chi connectivity index (χ1n) is 6.11. The number of rotatable bonds is 5. The van der Waals surface area contributed by atoms with Crippen LogP contribution in [-0.4, -0.2) is 31.3 Å². The van der Waals surface area contributed by atoms with Gasteiger partial charge in [-0.2, -0.15) is 0 Å². The van der Waals surface area contributed by atoms with Crippen LogP contribution in [-0.2, 0) is 11.2 Å². The third-order valence-corrected chi connectivity index (χ3v) is 3.06. The molecule has 0 aliphatic heterocycles. The van der Waals surface area contributed by atoms with Gasteiger partial charge in [-0.15, -0.1) is 5.10 Å². The normalized spacial score (nSPS) is 12.3. The van der Waals surface area contributed by atoms with E-state index in [1.807, 2.05) is 31.2 Å². The summed E-state index contributed by atoms with van der Waals surface area (Å²) >= 11 is 0. The number of nitrogens with zero attached hydrogens (tertiary/aromatic N) is 4. The number of benzene rings is 1. The predicted molar refractivity (Wildman–Crippen MR) is 68.8 cm³/mol. The molecule has 0 amide bonds. The van der Waals surface area contributed by atoms with Crippen molar-refractivity contribution in [3.63, 3.8) is 0 Å². The van der Waals surface area contributed by atoms with Crippen molar-refractivity contribution < 1.29 is 9.90 Å². The maximum Gasteiger partial charge on any atom is 0.305 e. The van der Waals surface area contributed by atoms with Gasteiger partial charge >= 0.3 is 5.97 Å². The largest absolute Gasteiger partial charge is 0.481 e. The molecule has 0 saturated heterocycles. The lowest BCUT2D eigenvalue weighted by Crippen LogP contribution is -2.15. The number of carboxylic acid groups (broad SMARTS) is 1. The molecule has 6 heteroatoms. The van der Waals surface area contributed by atoms with Gasteiger partial charge < -0.3 is 5.11 Å². The maximum absolute atomic E-state index is 10.7. The van der Waals surface area contributed by atoms with Crippen molar-refractivity contribution in [2.45, 2.75) is 32.7 Å². The molecule has 1 aromatic carbocycles. The molecule has 0 bridgehead atoms. The van der Waals surface area contributed by atoms with E-state index in [2.05, 4.69) is 15.5 Å². The Morgan fingerprint density at radius 2 is 2.16 bits per heavy atom. The van der Waals surface area contributed by atoms with Crippen LogP contribution in [0.2, 0.25) is 0 Å². The van der Waals surface area contributed by atoms with Gasteiger partial charge in [0.15, 0.2) is 5.82 Å². The zero-order valence-electron chi connectivity index (χ0n) is 10.9. The van der Waals surface area contributed by atoms with Crippen molar-refractivity contribution in [3.05, 3.63) is 41.2 Å². The van der Waals surface area contributed by atoms with Crippen molar-refractivity contribution in [3.8, 4) is 0 Å². The van der Waals surface area contributed by atoms with E-state index in [0.717, 1.165) is 5.56 Å². The Kier molecular flexibility index (Phi) is 3.89. The standard InChI is InChI=1S/C13H16N4O2/c1-9-5-3-4-6-11(9)8-12-14-15-16-17(12)10(2)7-13(18)19/h3-6,10H,7-8H2,1-2H3,(H,18,19). The quantitative estimate of drug-likeness (QED) is 0.883. The van der Waals surface area contributed by atoms with Crippen LogP contribution < -0.4 is 0 Å². The van der Waals surface area contributed by atoms with E-state index >= 15 is 0 Å². The summed E-state index contributed by atoms with van der Waals surface area (Å²) in [5.41, 5.74) is 2.31. The van der Waals surface area contributed by atoms with Crippen LogP contribution in [0.3, 0.4) is 0 Å². The second-order valence-electron chi connectivity index (χ2n) is 4.59. The van der Waals surface area contributed by atoms with Crippen molar-refractivity contribution in [1.29, 1.82) is 0 Å². The maximum atomic E-state index is 10.7. The highest BCUT2D eigenvalue weighted by Crippen LogP contribution is 2.15. The monoisotopic (exact) mass is 260 g/mol. The number of tetrazole rings is 1. The summed E-state index contributed by atoms with van der Waals surface area (Å²) in [5.74, 6) is -0.173. The van der Waals surface area contributed by atoms with Crippen LogP contribution in [0.25, 0.3) is 0 Å². The Hall–Kier alpha value is -2.24. The molecule has 6 nitrogen and oxygen atoms in total. The molecule has 0 aliphatic rings. The smallest absolute Gasteiger partial charge is 0.305 e. The van der Waals surface area contributed by atoms with Gasteiger partial charge in [0, 0.05) is 6.42 Å². The Balaban J connectivity index is 2.20. The highest BCUT2D eigenvalue weighted by atomic mass is 16.4. The van der Waals surface area contributed by atoms with E-state index < -0.39 is 5.97 Å². The number of carboxylic acids is 1. The van der Waals surface area contributed by atoms with E-state index in [4.69, 9.17) is 5.11 Å². The molecule has 1 aromatic heterocycles. The lowest BCUT2D eigenvalue weighted by atomic mass is 10.1. The molecule has 0 spiro atoms. The molecule has 0 radical (unpaired) electrons. The highest BCUT2D eigenvalue weighted by molar-refractivity contribution is 5.67. The van der Waals surface area contributed by atoms with E-state index in [1.54, 1.807) is 11.6 Å². The average Bonchev–Trinajstić information content (AvgIpc) is 2.79. The van der Waals surface area contributed by atoms with Crippen molar-refractivity contribution in [2.24, 2.45) is 0 Å². The summed E-state index contributed by atoms with van der Waals surface area (Å²) in [6.45, 7) is 3.83. The molecule has 1 atom stereocenters. The minimum atomic E-state index is -0.857. The summed E-state index contributed by atoms with van der Waals surface area (Å²) in [4.78, 5) is 10.7. The third-order valence-electron chi connectivity index (χ3n) is 3.06. The number of carbonyl (C=O) groups is 1. The summed E-state index contributed by atoms with van der Waals surface area (Å²) < 4.78 is 1.58. The Labute approximate surface area is 111 Å². The van der Waals surface area contributed by atoms with Gasteiger partial charge in [0.25, 0.3) is 0 Å². The van der Waals surface area contributed by atoms with Crippen molar-refractivity contribution in [1.82, 2.24) is 20.2 Å². The van der Waals surface area contributed by atoms with Gasteiger partial charge in [-0.1, -0.05) is 24.3 Å². The SMILES string of the molecule is Cc1ccccc1Cc1nnnn1C(C)CC(=O)O. The predicted octanol–water partition coefficient (Wildman–Crippen LogP) is 1.61. The molecule has 100 valence electrons. The molecule has 2 rings (SSSR count). The first-order valence-corrected chi connectivity index (χ1v) is 6.11. The highest BCUT2D eigenvalue weighted by Gasteiger charge is 2.16. The van der Waals surface area contributed by atoms with Gasteiger partial charge in [-0.25, -0.2) is 4.68 Å². The molecular formula is C13H16N4O2. The lowest BCUT2D eigenvalue weighted by molar-refractivity contribution is -0.137. The zero-order valence-corrected chi connectivity index (χ0v) is 10.9. The molecule has 0 saturated carbocycles. The van der Waals surface area contributed by atoms with Gasteiger partial charge in [0.2, 0.25) is 0 Å². The number of aromatic nitrogens is 4. The summed E-state index contributed by atoms with van der Waals surface area (Å²) in [5, 5.41) is 20.3. The molecule has 0 fully saturated rings. The van der Waals surface area contributed by atoms with Crippen LogP contribution in [0.15, 0.2) is 24.3 Å².